The smallest absolute Gasteiger partial charge is 0.241 e. The fourth-order valence-electron chi connectivity index (χ4n) is 2.89. The summed E-state index contributed by atoms with van der Waals surface area (Å²) in [5.41, 5.74) is 2.05. The van der Waals surface area contributed by atoms with E-state index in [0.717, 1.165) is 25.2 Å². The maximum absolute atomic E-state index is 12.3. The topological polar surface area (TPSA) is 44.4 Å². The third-order valence-electron chi connectivity index (χ3n) is 4.28. The van der Waals surface area contributed by atoms with Crippen molar-refractivity contribution in [2.24, 2.45) is 5.92 Å². The van der Waals surface area contributed by atoms with E-state index in [1.54, 1.807) is 0 Å². The van der Waals surface area contributed by atoms with Gasteiger partial charge in [-0.05, 0) is 51.9 Å². The zero-order chi connectivity index (χ0) is 15.4. The highest BCUT2D eigenvalue weighted by atomic mass is 16.2. The Bertz CT molecular complexity index is 471. The SMILES string of the molecule is Cc1ccc(NC(=O)C(C)NC2CCN(C)CC2C)cc1. The fraction of sp³-hybridized carbons (Fsp3) is 0.588. The van der Waals surface area contributed by atoms with E-state index in [1.165, 1.54) is 5.56 Å². The van der Waals surface area contributed by atoms with Gasteiger partial charge in [0.2, 0.25) is 5.91 Å². The molecule has 1 heterocycles. The van der Waals surface area contributed by atoms with Crippen LogP contribution >= 0.6 is 0 Å². The molecule has 21 heavy (non-hydrogen) atoms. The number of carbonyl (C=O) groups is 1. The van der Waals surface area contributed by atoms with E-state index in [2.05, 4.69) is 29.5 Å². The summed E-state index contributed by atoms with van der Waals surface area (Å²) in [4.78, 5) is 14.6. The molecule has 0 radical (unpaired) electrons. The van der Waals surface area contributed by atoms with Gasteiger partial charge in [-0.15, -0.1) is 0 Å². The largest absolute Gasteiger partial charge is 0.325 e. The van der Waals surface area contributed by atoms with Crippen LogP contribution in [0.15, 0.2) is 24.3 Å². The summed E-state index contributed by atoms with van der Waals surface area (Å²) in [6.07, 6.45) is 1.10. The minimum absolute atomic E-state index is 0.0324. The average molecular weight is 289 g/mol. The van der Waals surface area contributed by atoms with Crippen molar-refractivity contribution >= 4 is 11.6 Å². The Balaban J connectivity index is 1.86. The van der Waals surface area contributed by atoms with E-state index in [1.807, 2.05) is 38.1 Å². The van der Waals surface area contributed by atoms with Crippen LogP contribution in [0.5, 0.6) is 0 Å². The summed E-state index contributed by atoms with van der Waals surface area (Å²) in [6, 6.07) is 8.14. The Hall–Kier alpha value is -1.39. The van der Waals surface area contributed by atoms with Crippen LogP contribution in [0.2, 0.25) is 0 Å². The number of carbonyl (C=O) groups excluding carboxylic acids is 1. The Labute approximate surface area is 127 Å². The summed E-state index contributed by atoms with van der Waals surface area (Å²) in [7, 11) is 2.15. The normalized spacial score (nSPS) is 24.6. The Morgan fingerprint density at radius 3 is 2.62 bits per heavy atom. The molecule has 1 aliphatic rings. The van der Waals surface area contributed by atoms with E-state index in [-0.39, 0.29) is 11.9 Å². The maximum Gasteiger partial charge on any atom is 0.241 e. The molecule has 0 aromatic heterocycles. The second kappa shape index (κ2) is 7.05. The molecular weight excluding hydrogens is 262 g/mol. The number of benzene rings is 1. The third kappa shape index (κ3) is 4.55. The minimum atomic E-state index is -0.179. The minimum Gasteiger partial charge on any atom is -0.325 e. The molecule has 1 saturated heterocycles. The number of nitrogens with one attached hydrogen (secondary N) is 2. The Morgan fingerprint density at radius 1 is 1.33 bits per heavy atom. The number of anilines is 1. The monoisotopic (exact) mass is 289 g/mol. The third-order valence-corrected chi connectivity index (χ3v) is 4.28. The van der Waals surface area contributed by atoms with Gasteiger partial charge >= 0.3 is 0 Å². The zero-order valence-electron chi connectivity index (χ0n) is 13.5. The summed E-state index contributed by atoms with van der Waals surface area (Å²) in [6.45, 7) is 8.40. The standard InChI is InChI=1S/C17H27N3O/c1-12-5-7-15(8-6-12)19-17(21)14(3)18-16-9-10-20(4)11-13(16)2/h5-8,13-14,16,18H,9-11H2,1-4H3,(H,19,21). The Kier molecular flexibility index (Phi) is 5.37. The lowest BCUT2D eigenvalue weighted by Gasteiger charge is -2.36. The number of rotatable bonds is 4. The van der Waals surface area contributed by atoms with E-state index in [9.17, 15) is 4.79 Å². The quantitative estimate of drug-likeness (QED) is 0.893. The van der Waals surface area contributed by atoms with Crippen LogP contribution in [0.25, 0.3) is 0 Å². The van der Waals surface area contributed by atoms with E-state index in [4.69, 9.17) is 0 Å². The van der Waals surface area contributed by atoms with E-state index >= 15 is 0 Å². The Morgan fingerprint density at radius 2 is 2.00 bits per heavy atom. The molecule has 3 unspecified atom stereocenters. The zero-order valence-corrected chi connectivity index (χ0v) is 13.5. The van der Waals surface area contributed by atoms with E-state index in [0.29, 0.717) is 12.0 Å². The van der Waals surface area contributed by atoms with Crippen molar-refractivity contribution < 1.29 is 4.79 Å². The first-order valence-electron chi connectivity index (χ1n) is 7.78. The second-order valence-corrected chi connectivity index (χ2v) is 6.38. The highest BCUT2D eigenvalue weighted by Gasteiger charge is 2.26. The van der Waals surface area contributed by atoms with Gasteiger partial charge in [-0.2, -0.15) is 0 Å². The molecule has 2 rings (SSSR count). The van der Waals surface area contributed by atoms with Gasteiger partial charge in [-0.3, -0.25) is 4.79 Å². The van der Waals surface area contributed by atoms with Crippen molar-refractivity contribution in [2.45, 2.75) is 39.3 Å². The molecule has 0 saturated carbocycles. The highest BCUT2D eigenvalue weighted by molar-refractivity contribution is 5.94. The molecular formula is C17H27N3O. The van der Waals surface area contributed by atoms with E-state index < -0.39 is 0 Å². The van der Waals surface area contributed by atoms with Gasteiger partial charge in [-0.25, -0.2) is 0 Å². The molecule has 3 atom stereocenters. The highest BCUT2D eigenvalue weighted by Crippen LogP contribution is 2.16. The molecule has 1 fully saturated rings. The summed E-state index contributed by atoms with van der Waals surface area (Å²) >= 11 is 0. The molecule has 4 nitrogen and oxygen atoms in total. The number of piperidine rings is 1. The predicted molar refractivity (Wildman–Crippen MR) is 87.5 cm³/mol. The summed E-state index contributed by atoms with van der Waals surface area (Å²) in [5.74, 6) is 0.600. The average Bonchev–Trinajstić information content (AvgIpc) is 2.44. The van der Waals surface area contributed by atoms with Gasteiger partial charge < -0.3 is 15.5 Å². The number of nitrogens with zero attached hydrogens (tertiary/aromatic N) is 1. The number of hydrogen-bond acceptors (Lipinski definition) is 3. The van der Waals surface area contributed by atoms with Crippen LogP contribution in [0, 0.1) is 12.8 Å². The summed E-state index contributed by atoms with van der Waals surface area (Å²) < 4.78 is 0. The molecule has 116 valence electrons. The summed E-state index contributed by atoms with van der Waals surface area (Å²) in [5, 5.41) is 6.45. The molecule has 0 spiro atoms. The van der Waals surface area contributed by atoms with Crippen molar-refractivity contribution in [3.63, 3.8) is 0 Å². The van der Waals surface area contributed by atoms with Gasteiger partial charge in [0.15, 0.2) is 0 Å². The van der Waals surface area contributed by atoms with Gasteiger partial charge in [-0.1, -0.05) is 24.6 Å². The molecule has 1 aromatic rings. The molecule has 0 aliphatic carbocycles. The van der Waals surface area contributed by atoms with Gasteiger partial charge in [0.25, 0.3) is 0 Å². The molecule has 1 amide bonds. The number of hydrogen-bond donors (Lipinski definition) is 2. The first-order chi connectivity index (χ1) is 9.95. The predicted octanol–water partition coefficient (Wildman–Crippen LogP) is 2.25. The van der Waals surface area contributed by atoms with Crippen LogP contribution in [0.3, 0.4) is 0 Å². The van der Waals surface area contributed by atoms with Crippen molar-refractivity contribution in [3.05, 3.63) is 29.8 Å². The van der Waals surface area contributed by atoms with Crippen LogP contribution in [0.4, 0.5) is 5.69 Å². The lowest BCUT2D eigenvalue weighted by molar-refractivity contribution is -0.118. The molecule has 1 aromatic carbocycles. The van der Waals surface area contributed by atoms with Crippen LogP contribution in [-0.4, -0.2) is 43.0 Å². The molecule has 2 N–H and O–H groups in total. The number of likely N-dealkylation sites (tertiary alicyclic amines) is 1. The van der Waals surface area contributed by atoms with Crippen molar-refractivity contribution in [2.75, 3.05) is 25.5 Å². The van der Waals surface area contributed by atoms with Crippen LogP contribution in [-0.2, 0) is 4.79 Å². The lowest BCUT2D eigenvalue weighted by Crippen LogP contribution is -2.52. The van der Waals surface area contributed by atoms with Crippen LogP contribution < -0.4 is 10.6 Å². The number of aryl methyl sites for hydroxylation is 1. The number of amides is 1. The molecule has 1 aliphatic heterocycles. The van der Waals surface area contributed by atoms with Crippen LogP contribution in [0.1, 0.15) is 25.8 Å². The second-order valence-electron chi connectivity index (χ2n) is 6.38. The van der Waals surface area contributed by atoms with Crippen molar-refractivity contribution in [1.29, 1.82) is 0 Å². The maximum atomic E-state index is 12.3. The first-order valence-corrected chi connectivity index (χ1v) is 7.78. The fourth-order valence-corrected chi connectivity index (χ4v) is 2.89. The molecule has 4 heteroatoms. The van der Waals surface area contributed by atoms with Gasteiger partial charge in [0.05, 0.1) is 6.04 Å². The first kappa shape index (κ1) is 16.0. The van der Waals surface area contributed by atoms with Crippen molar-refractivity contribution in [1.82, 2.24) is 10.2 Å². The van der Waals surface area contributed by atoms with Gasteiger partial charge in [0.1, 0.15) is 0 Å². The van der Waals surface area contributed by atoms with Crippen molar-refractivity contribution in [3.8, 4) is 0 Å². The lowest BCUT2D eigenvalue weighted by atomic mass is 9.93. The molecule has 0 bridgehead atoms. The van der Waals surface area contributed by atoms with Gasteiger partial charge in [0, 0.05) is 18.3 Å².